The van der Waals surface area contributed by atoms with E-state index in [0.717, 1.165) is 11.1 Å². The van der Waals surface area contributed by atoms with Crippen LogP contribution < -0.4 is 0 Å². The molecule has 0 saturated heterocycles. The van der Waals surface area contributed by atoms with Gasteiger partial charge in [0.1, 0.15) is 0 Å². The van der Waals surface area contributed by atoms with Gasteiger partial charge in [-0.15, -0.1) is 0 Å². The summed E-state index contributed by atoms with van der Waals surface area (Å²) in [5.41, 5.74) is 1.92. The molecule has 0 rings (SSSR count). The lowest BCUT2D eigenvalue weighted by molar-refractivity contribution is 0.791. The fraction of sp³-hybridized carbons (Fsp3) is 0.400. The van der Waals surface area contributed by atoms with Gasteiger partial charge >= 0.3 is 0 Å². The maximum atomic E-state index is 5.92. The second-order valence-electron chi connectivity index (χ2n) is 3.02. The average Bonchev–Trinajstić information content (AvgIpc) is 1.84. The van der Waals surface area contributed by atoms with Gasteiger partial charge < -0.3 is 0 Å². The average molecular weight is 171 g/mol. The number of allylic oxidation sites excluding steroid dienone is 4. The van der Waals surface area contributed by atoms with Crippen LogP contribution >= 0.6 is 11.6 Å². The molecule has 0 spiro atoms. The van der Waals surface area contributed by atoms with Gasteiger partial charge in [-0.1, -0.05) is 44.2 Å². The van der Waals surface area contributed by atoms with E-state index in [-0.39, 0.29) is 0 Å². The molecule has 0 aliphatic heterocycles. The molecular weight excluding hydrogens is 156 g/mol. The SMILES string of the molecule is C=C(C)/C=C(/Cl)C(=C)C(C)C. The fourth-order valence-electron chi connectivity index (χ4n) is 0.585. The zero-order chi connectivity index (χ0) is 9.02. The lowest BCUT2D eigenvalue weighted by Gasteiger charge is -2.07. The van der Waals surface area contributed by atoms with Crippen LogP contribution in [0.2, 0.25) is 0 Å². The molecule has 0 bridgehead atoms. The van der Waals surface area contributed by atoms with E-state index in [9.17, 15) is 0 Å². The first-order chi connectivity index (χ1) is 4.95. The second kappa shape index (κ2) is 4.40. The Morgan fingerprint density at radius 3 is 2.09 bits per heavy atom. The van der Waals surface area contributed by atoms with E-state index in [1.807, 2.05) is 13.0 Å². The third-order valence-corrected chi connectivity index (χ3v) is 1.73. The Bertz CT molecular complexity index is 197. The highest BCUT2D eigenvalue weighted by Crippen LogP contribution is 2.21. The third-order valence-electron chi connectivity index (χ3n) is 1.38. The standard InChI is InChI=1S/C10H15Cl/c1-7(2)6-10(11)9(5)8(3)4/h6,8H,1,5H2,2-4H3/b10-6+. The highest BCUT2D eigenvalue weighted by Gasteiger charge is 2.03. The van der Waals surface area contributed by atoms with Crippen LogP contribution in [0.5, 0.6) is 0 Å². The van der Waals surface area contributed by atoms with Crippen molar-refractivity contribution in [2.24, 2.45) is 5.92 Å². The van der Waals surface area contributed by atoms with Crippen LogP contribution in [0.25, 0.3) is 0 Å². The number of halogens is 1. The number of hydrogen-bond donors (Lipinski definition) is 0. The Kier molecular flexibility index (Phi) is 4.20. The minimum Gasteiger partial charge on any atom is -0.0961 e. The van der Waals surface area contributed by atoms with Gasteiger partial charge in [0.05, 0.1) is 0 Å². The summed E-state index contributed by atoms with van der Waals surface area (Å²) in [7, 11) is 0. The van der Waals surface area contributed by atoms with Crippen LogP contribution in [0.3, 0.4) is 0 Å². The van der Waals surface area contributed by atoms with Gasteiger partial charge in [-0.2, -0.15) is 0 Å². The summed E-state index contributed by atoms with van der Waals surface area (Å²) in [5.74, 6) is 0.401. The van der Waals surface area contributed by atoms with Gasteiger partial charge in [-0.05, 0) is 24.5 Å². The van der Waals surface area contributed by atoms with Crippen LogP contribution in [-0.2, 0) is 0 Å². The van der Waals surface area contributed by atoms with Crippen molar-refractivity contribution < 1.29 is 0 Å². The van der Waals surface area contributed by atoms with Gasteiger partial charge in [0.25, 0.3) is 0 Å². The van der Waals surface area contributed by atoms with Gasteiger partial charge in [0.15, 0.2) is 0 Å². The zero-order valence-corrected chi connectivity index (χ0v) is 8.20. The molecule has 0 aromatic carbocycles. The van der Waals surface area contributed by atoms with Crippen molar-refractivity contribution in [1.29, 1.82) is 0 Å². The summed E-state index contributed by atoms with van der Waals surface area (Å²) in [5, 5.41) is 0.715. The summed E-state index contributed by atoms with van der Waals surface area (Å²) in [4.78, 5) is 0. The van der Waals surface area contributed by atoms with Crippen LogP contribution in [0.1, 0.15) is 20.8 Å². The molecule has 0 N–H and O–H groups in total. The van der Waals surface area contributed by atoms with Crippen molar-refractivity contribution >= 4 is 11.6 Å². The quantitative estimate of drug-likeness (QED) is 0.564. The van der Waals surface area contributed by atoms with E-state index in [1.165, 1.54) is 0 Å². The van der Waals surface area contributed by atoms with Crippen LogP contribution in [0.15, 0.2) is 35.4 Å². The molecule has 11 heavy (non-hydrogen) atoms. The largest absolute Gasteiger partial charge is 0.0961 e. The molecule has 0 aromatic heterocycles. The fourth-order valence-corrected chi connectivity index (χ4v) is 0.989. The molecule has 0 aliphatic carbocycles. The van der Waals surface area contributed by atoms with E-state index in [1.54, 1.807) is 0 Å². The number of rotatable bonds is 3. The van der Waals surface area contributed by atoms with Crippen molar-refractivity contribution in [3.05, 3.63) is 35.4 Å². The van der Waals surface area contributed by atoms with Crippen molar-refractivity contribution in [2.75, 3.05) is 0 Å². The first-order valence-corrected chi connectivity index (χ1v) is 4.04. The van der Waals surface area contributed by atoms with Crippen molar-refractivity contribution in [3.63, 3.8) is 0 Å². The Morgan fingerprint density at radius 1 is 1.36 bits per heavy atom. The Labute approximate surface area is 74.3 Å². The lowest BCUT2D eigenvalue weighted by atomic mass is 10.0. The first-order valence-electron chi connectivity index (χ1n) is 3.67. The van der Waals surface area contributed by atoms with Gasteiger partial charge in [0, 0.05) is 5.03 Å². The van der Waals surface area contributed by atoms with Gasteiger partial charge in [-0.25, -0.2) is 0 Å². The maximum absolute atomic E-state index is 5.92. The Morgan fingerprint density at radius 2 is 1.82 bits per heavy atom. The molecule has 0 aromatic rings. The van der Waals surface area contributed by atoms with E-state index in [2.05, 4.69) is 27.0 Å². The summed E-state index contributed by atoms with van der Waals surface area (Å²) in [6.07, 6.45) is 1.84. The summed E-state index contributed by atoms with van der Waals surface area (Å²) >= 11 is 5.92. The first kappa shape index (κ1) is 10.5. The number of hydrogen-bond acceptors (Lipinski definition) is 0. The van der Waals surface area contributed by atoms with E-state index in [4.69, 9.17) is 11.6 Å². The van der Waals surface area contributed by atoms with E-state index in [0.29, 0.717) is 11.0 Å². The highest BCUT2D eigenvalue weighted by molar-refractivity contribution is 6.32. The summed E-state index contributed by atoms with van der Waals surface area (Å²) in [6.45, 7) is 13.6. The normalized spacial score (nSPS) is 11.9. The van der Waals surface area contributed by atoms with Gasteiger partial charge in [-0.3, -0.25) is 0 Å². The topological polar surface area (TPSA) is 0 Å². The lowest BCUT2D eigenvalue weighted by Crippen LogP contribution is -1.91. The van der Waals surface area contributed by atoms with Crippen molar-refractivity contribution in [2.45, 2.75) is 20.8 Å². The smallest absolute Gasteiger partial charge is 0.0437 e. The van der Waals surface area contributed by atoms with Crippen molar-refractivity contribution in [3.8, 4) is 0 Å². The molecule has 0 amide bonds. The molecule has 0 unspecified atom stereocenters. The van der Waals surface area contributed by atoms with E-state index >= 15 is 0 Å². The molecule has 1 heteroatoms. The molecule has 0 radical (unpaired) electrons. The molecule has 0 nitrogen and oxygen atoms in total. The minimum atomic E-state index is 0.401. The molecule has 62 valence electrons. The Balaban J connectivity index is 4.36. The maximum Gasteiger partial charge on any atom is 0.0437 e. The third kappa shape index (κ3) is 4.05. The van der Waals surface area contributed by atoms with Crippen LogP contribution in [-0.4, -0.2) is 0 Å². The molecular formula is C10H15Cl. The van der Waals surface area contributed by atoms with Crippen LogP contribution in [0, 0.1) is 5.92 Å². The Hall–Kier alpha value is -0.490. The second-order valence-corrected chi connectivity index (χ2v) is 3.43. The van der Waals surface area contributed by atoms with E-state index < -0.39 is 0 Å². The molecule has 0 aliphatic rings. The van der Waals surface area contributed by atoms with Crippen molar-refractivity contribution in [1.82, 2.24) is 0 Å². The molecule has 0 fully saturated rings. The predicted molar refractivity (Wildman–Crippen MR) is 52.7 cm³/mol. The molecule has 0 atom stereocenters. The monoisotopic (exact) mass is 170 g/mol. The highest BCUT2D eigenvalue weighted by atomic mass is 35.5. The zero-order valence-electron chi connectivity index (χ0n) is 7.45. The summed E-state index contributed by atoms with van der Waals surface area (Å²) < 4.78 is 0. The van der Waals surface area contributed by atoms with Gasteiger partial charge in [0.2, 0.25) is 0 Å². The molecule has 0 heterocycles. The molecule has 0 saturated carbocycles. The minimum absolute atomic E-state index is 0.401. The summed E-state index contributed by atoms with van der Waals surface area (Å²) in [6, 6.07) is 0. The predicted octanol–water partition coefficient (Wildman–Crippen LogP) is 3.90. The van der Waals surface area contributed by atoms with Crippen LogP contribution in [0.4, 0.5) is 0 Å².